The zero-order chi connectivity index (χ0) is 23.8. The number of fused-ring (bicyclic) bond motifs is 1. The lowest BCUT2D eigenvalue weighted by Crippen LogP contribution is -2.51. The Morgan fingerprint density at radius 1 is 1.21 bits per heavy atom. The number of benzene rings is 1. The van der Waals surface area contributed by atoms with Gasteiger partial charge in [0.25, 0.3) is 5.91 Å². The van der Waals surface area contributed by atoms with E-state index in [9.17, 15) is 24.3 Å². The zero-order valence-electron chi connectivity index (χ0n) is 17.7. The Bertz CT molecular complexity index is 1300. The van der Waals surface area contributed by atoms with Gasteiger partial charge in [-0.25, -0.2) is 14.6 Å². The topological polar surface area (TPSA) is 149 Å². The second-order valence-electron chi connectivity index (χ2n) is 7.52. The van der Waals surface area contributed by atoms with Crippen molar-refractivity contribution in [1.82, 2.24) is 20.2 Å². The lowest BCUT2D eigenvalue weighted by atomic mass is 9.89. The molecule has 1 fully saturated rings. The van der Waals surface area contributed by atoms with Gasteiger partial charge in [-0.2, -0.15) is 0 Å². The predicted octanol–water partition coefficient (Wildman–Crippen LogP) is 1.39. The van der Waals surface area contributed by atoms with Gasteiger partial charge in [0.1, 0.15) is 11.3 Å². The van der Waals surface area contributed by atoms with Crippen molar-refractivity contribution >= 4 is 34.5 Å². The van der Waals surface area contributed by atoms with Gasteiger partial charge in [0.15, 0.2) is 17.4 Å². The van der Waals surface area contributed by atoms with Crippen molar-refractivity contribution in [2.24, 2.45) is 0 Å². The van der Waals surface area contributed by atoms with Crippen molar-refractivity contribution in [1.29, 1.82) is 0 Å². The van der Waals surface area contributed by atoms with Crippen LogP contribution in [0.1, 0.15) is 27.3 Å². The maximum absolute atomic E-state index is 13.2. The van der Waals surface area contributed by atoms with Gasteiger partial charge in [0, 0.05) is 29.6 Å². The molecule has 1 aliphatic rings. The van der Waals surface area contributed by atoms with Gasteiger partial charge in [-0.1, -0.05) is 0 Å². The van der Waals surface area contributed by atoms with E-state index in [1.54, 1.807) is 24.4 Å². The molecule has 2 aromatic heterocycles. The van der Waals surface area contributed by atoms with Crippen molar-refractivity contribution in [2.45, 2.75) is 18.5 Å². The fourth-order valence-corrected chi connectivity index (χ4v) is 3.84. The molecule has 0 saturated carbocycles. The summed E-state index contributed by atoms with van der Waals surface area (Å²) in [5.41, 5.74) is -1.97. The molecule has 0 unspecified atom stereocenters. The molecule has 0 aliphatic carbocycles. The summed E-state index contributed by atoms with van der Waals surface area (Å²) in [6.45, 7) is -0.243. The molecule has 0 spiro atoms. The number of urea groups is 1. The second kappa shape index (κ2) is 8.26. The number of rotatable bonds is 7. The third-order valence-electron chi connectivity index (χ3n) is 5.47. The fourth-order valence-electron chi connectivity index (χ4n) is 3.84. The maximum Gasteiger partial charge on any atom is 0.357 e. The highest BCUT2D eigenvalue weighted by Crippen LogP contribution is 2.33. The number of nitrogens with zero attached hydrogens (tertiary/aromatic N) is 2. The molecule has 3 amide bonds. The number of amides is 3. The van der Waals surface area contributed by atoms with Gasteiger partial charge in [-0.05, 0) is 30.3 Å². The summed E-state index contributed by atoms with van der Waals surface area (Å²) in [5, 5.41) is 16.5. The molecule has 1 atom stereocenters. The van der Waals surface area contributed by atoms with Gasteiger partial charge in [-0.15, -0.1) is 0 Å². The van der Waals surface area contributed by atoms with E-state index >= 15 is 0 Å². The minimum atomic E-state index is -1.71. The van der Waals surface area contributed by atoms with Crippen LogP contribution >= 0.6 is 0 Å². The first-order valence-corrected chi connectivity index (χ1v) is 9.84. The van der Waals surface area contributed by atoms with E-state index in [4.69, 9.17) is 4.74 Å². The van der Waals surface area contributed by atoms with Crippen molar-refractivity contribution < 1.29 is 33.8 Å². The normalized spacial score (nSPS) is 17.5. The average Bonchev–Trinajstić information content (AvgIpc) is 3.27. The molecular weight excluding hydrogens is 432 g/mol. The van der Waals surface area contributed by atoms with E-state index in [-0.39, 0.29) is 23.7 Å². The molecule has 4 rings (SSSR count). The molecule has 33 heavy (non-hydrogen) atoms. The van der Waals surface area contributed by atoms with E-state index in [1.807, 2.05) is 0 Å². The van der Waals surface area contributed by atoms with Gasteiger partial charge in [-0.3, -0.25) is 14.9 Å². The average molecular weight is 452 g/mol. The van der Waals surface area contributed by atoms with E-state index in [1.165, 1.54) is 30.0 Å². The third-order valence-corrected chi connectivity index (χ3v) is 5.47. The fraction of sp³-hybridized carbons (Fsp3) is 0.227. The summed E-state index contributed by atoms with van der Waals surface area (Å²) in [7, 11) is 2.65. The monoisotopic (exact) mass is 452 g/mol. The van der Waals surface area contributed by atoms with Gasteiger partial charge >= 0.3 is 12.0 Å². The highest BCUT2D eigenvalue weighted by molar-refractivity contribution is 6.12. The van der Waals surface area contributed by atoms with Crippen LogP contribution in [0, 0.1) is 0 Å². The maximum atomic E-state index is 13.2. The molecule has 1 aliphatic heterocycles. The Morgan fingerprint density at radius 2 is 2.00 bits per heavy atom. The number of aromatic hydroxyl groups is 1. The summed E-state index contributed by atoms with van der Waals surface area (Å²) in [6.07, 6.45) is 2.44. The minimum absolute atomic E-state index is 0.0516. The Balaban J connectivity index is 1.72. The van der Waals surface area contributed by atoms with Crippen LogP contribution in [0.2, 0.25) is 0 Å². The van der Waals surface area contributed by atoms with E-state index in [0.717, 1.165) is 7.11 Å². The Morgan fingerprint density at radius 3 is 2.67 bits per heavy atom. The van der Waals surface area contributed by atoms with Crippen LogP contribution in [0.5, 0.6) is 11.6 Å². The van der Waals surface area contributed by atoms with Gasteiger partial charge in [0.05, 0.1) is 26.3 Å². The van der Waals surface area contributed by atoms with Gasteiger partial charge < -0.3 is 24.5 Å². The number of hydrogen-bond acceptors (Lipinski definition) is 8. The van der Waals surface area contributed by atoms with E-state index in [2.05, 4.69) is 20.4 Å². The van der Waals surface area contributed by atoms with Crippen molar-refractivity contribution in [3.8, 4) is 11.6 Å². The molecule has 0 bridgehead atoms. The van der Waals surface area contributed by atoms with Crippen LogP contribution in [0.25, 0.3) is 10.8 Å². The molecule has 3 N–H and O–H groups in total. The van der Waals surface area contributed by atoms with Crippen LogP contribution in [0.15, 0.2) is 42.7 Å². The highest BCUT2D eigenvalue weighted by Gasteiger charge is 2.48. The summed E-state index contributed by atoms with van der Waals surface area (Å²) >= 11 is 0. The first-order chi connectivity index (χ1) is 15.8. The summed E-state index contributed by atoms with van der Waals surface area (Å²) < 4.78 is 11.2. The van der Waals surface area contributed by atoms with E-state index in [0.29, 0.717) is 16.5 Å². The zero-order valence-corrected chi connectivity index (χ0v) is 17.7. The third kappa shape index (κ3) is 3.84. The Kier molecular flexibility index (Phi) is 5.46. The van der Waals surface area contributed by atoms with E-state index < -0.39 is 35.7 Å². The van der Waals surface area contributed by atoms with Crippen molar-refractivity contribution in [3.05, 3.63) is 54.0 Å². The van der Waals surface area contributed by atoms with Crippen LogP contribution in [0.3, 0.4) is 0 Å². The summed E-state index contributed by atoms with van der Waals surface area (Å²) in [4.78, 5) is 53.9. The molecule has 1 saturated heterocycles. The lowest BCUT2D eigenvalue weighted by Gasteiger charge is -2.26. The number of pyridine rings is 1. The number of hydrogen-bond donors (Lipinski definition) is 3. The molecule has 11 heteroatoms. The number of nitrogens with one attached hydrogen (secondary N) is 2. The second-order valence-corrected chi connectivity index (χ2v) is 7.52. The summed E-state index contributed by atoms with van der Waals surface area (Å²) in [5.74, 6) is -1.80. The molecule has 1 aromatic carbocycles. The van der Waals surface area contributed by atoms with Crippen molar-refractivity contribution in [3.63, 3.8) is 0 Å². The predicted molar refractivity (Wildman–Crippen MR) is 114 cm³/mol. The number of Topliss-reactive ketones (excluding diaryl/α,β-unsaturated/α-hetero) is 1. The Hall–Kier alpha value is -4.41. The SMILES string of the molecule is COC(=O)c1ncccc1C(=O)C[C@]1(Cn2cc3ccc(OC)cc3c2O)NC(=O)NC1=O. The largest absolute Gasteiger partial charge is 0.497 e. The molecule has 170 valence electrons. The number of carbonyl (C=O) groups is 4. The van der Waals surface area contributed by atoms with Crippen molar-refractivity contribution in [2.75, 3.05) is 14.2 Å². The highest BCUT2D eigenvalue weighted by atomic mass is 16.5. The molecule has 11 nitrogen and oxygen atoms in total. The number of ether oxygens (including phenoxy) is 2. The molecular formula is C22H20N4O7. The number of ketones is 1. The quantitative estimate of drug-likeness (QED) is 0.277. The molecule has 0 radical (unpaired) electrons. The first kappa shape index (κ1) is 21.8. The van der Waals surface area contributed by atoms with Crippen LogP contribution < -0.4 is 15.4 Å². The number of esters is 1. The number of methoxy groups -OCH3 is 2. The smallest absolute Gasteiger partial charge is 0.357 e. The summed E-state index contributed by atoms with van der Waals surface area (Å²) in [6, 6.07) is 7.16. The standard InChI is InChI=1S/C22H20N4O7/c1-32-13-6-5-12-10-26(18(28)15(12)8-13)11-22(20(30)24-21(31)25-22)9-16(27)14-4-3-7-23-17(14)19(29)33-2/h3-8,10,28H,9,11H2,1-2H3,(H2,24,25,30,31)/t22-/m1/s1. The number of imide groups is 1. The Labute approximate surface area is 187 Å². The van der Waals surface area contributed by atoms with Crippen LogP contribution in [0.4, 0.5) is 4.79 Å². The van der Waals surface area contributed by atoms with Gasteiger partial charge in [0.2, 0.25) is 0 Å². The molecule has 3 aromatic rings. The van der Waals surface area contributed by atoms with Crippen LogP contribution in [-0.2, 0) is 16.1 Å². The number of aromatic nitrogens is 2. The lowest BCUT2D eigenvalue weighted by molar-refractivity contribution is -0.124. The number of carbonyl (C=O) groups excluding carboxylic acids is 4. The minimum Gasteiger partial charge on any atom is -0.497 e. The van der Waals surface area contributed by atoms with Crippen LogP contribution in [-0.4, -0.2) is 58.1 Å². The molecule has 3 heterocycles. The first-order valence-electron chi connectivity index (χ1n) is 9.84.